The number of hydrogen-bond donors (Lipinski definition) is 0. The first-order chi connectivity index (χ1) is 13.6. The number of likely N-dealkylation sites (tertiary alicyclic amines) is 1. The van der Waals surface area contributed by atoms with Crippen LogP contribution >= 0.6 is 0 Å². The summed E-state index contributed by atoms with van der Waals surface area (Å²) in [4.78, 5) is 50.0. The summed E-state index contributed by atoms with van der Waals surface area (Å²) in [6, 6.07) is 6.30. The molecule has 0 N–H and O–H groups in total. The van der Waals surface area contributed by atoms with E-state index >= 15 is 0 Å². The molecule has 1 aromatic carbocycles. The van der Waals surface area contributed by atoms with Crippen molar-refractivity contribution in [2.45, 2.75) is 44.6 Å². The Morgan fingerprint density at radius 1 is 0.929 bits per heavy atom. The van der Waals surface area contributed by atoms with Crippen LogP contribution in [0.2, 0.25) is 0 Å². The number of hydrogen-bond acceptors (Lipinski definition) is 5. The van der Waals surface area contributed by atoms with Gasteiger partial charge in [0.25, 0.3) is 0 Å². The molecule has 6 heteroatoms. The third kappa shape index (κ3) is 3.39. The third-order valence-electron chi connectivity index (χ3n) is 6.17. The van der Waals surface area contributed by atoms with Crippen molar-refractivity contribution < 1.29 is 23.9 Å². The Bertz CT molecular complexity index is 794. The number of benzene rings is 1. The number of carbonyl (C=O) groups is 4. The second-order valence-electron chi connectivity index (χ2n) is 7.82. The summed E-state index contributed by atoms with van der Waals surface area (Å²) in [5, 5.41) is 0. The van der Waals surface area contributed by atoms with Gasteiger partial charge in [0, 0.05) is 11.6 Å². The van der Waals surface area contributed by atoms with Gasteiger partial charge in [-0.05, 0) is 62.8 Å². The molecule has 146 valence electrons. The number of esters is 1. The number of amides is 2. The van der Waals surface area contributed by atoms with Gasteiger partial charge in [0.15, 0.2) is 0 Å². The Balaban J connectivity index is 1.34. The molecule has 0 bridgehead atoms. The maximum Gasteiger partial charge on any atom is 0.314 e. The van der Waals surface area contributed by atoms with Gasteiger partial charge in [0.2, 0.25) is 11.8 Å². The monoisotopic (exact) mass is 381 g/mol. The first kappa shape index (κ1) is 18.6. The number of aldehydes is 1. The van der Waals surface area contributed by atoms with Crippen LogP contribution in [-0.4, -0.2) is 35.0 Å². The molecule has 2 fully saturated rings. The Labute approximate surface area is 163 Å². The van der Waals surface area contributed by atoms with E-state index in [0.29, 0.717) is 49.8 Å². The number of ether oxygens (including phenoxy) is 1. The minimum atomic E-state index is -0.297. The van der Waals surface area contributed by atoms with E-state index in [1.54, 1.807) is 24.3 Å². The normalized spacial score (nSPS) is 29.5. The van der Waals surface area contributed by atoms with E-state index in [9.17, 15) is 19.2 Å². The minimum absolute atomic E-state index is 0.0411. The summed E-state index contributed by atoms with van der Waals surface area (Å²) in [5.41, 5.74) is 0.524. The molecular formula is C22H23NO5. The highest BCUT2D eigenvalue weighted by atomic mass is 16.5. The lowest BCUT2D eigenvalue weighted by molar-refractivity contribution is -0.144. The zero-order valence-electron chi connectivity index (χ0n) is 15.6. The fourth-order valence-electron chi connectivity index (χ4n) is 4.57. The molecule has 1 saturated heterocycles. The molecule has 2 atom stereocenters. The van der Waals surface area contributed by atoms with Gasteiger partial charge in [0.1, 0.15) is 12.0 Å². The van der Waals surface area contributed by atoms with Crippen LogP contribution in [0.5, 0.6) is 5.75 Å². The molecule has 2 unspecified atom stereocenters. The summed E-state index contributed by atoms with van der Waals surface area (Å²) < 4.78 is 5.42. The lowest BCUT2D eigenvalue weighted by atomic mass is 9.85. The van der Waals surface area contributed by atoms with Crippen molar-refractivity contribution >= 4 is 24.1 Å². The van der Waals surface area contributed by atoms with Crippen LogP contribution in [0.15, 0.2) is 36.4 Å². The number of rotatable bonds is 4. The quantitative estimate of drug-likeness (QED) is 0.263. The highest BCUT2D eigenvalue weighted by molar-refractivity contribution is 6.05. The maximum absolute atomic E-state index is 12.7. The van der Waals surface area contributed by atoms with Crippen LogP contribution in [0.3, 0.4) is 0 Å². The number of carbonyl (C=O) groups excluding carboxylic acids is 4. The minimum Gasteiger partial charge on any atom is -0.426 e. The smallest absolute Gasteiger partial charge is 0.314 e. The van der Waals surface area contributed by atoms with Gasteiger partial charge in [-0.1, -0.05) is 12.2 Å². The van der Waals surface area contributed by atoms with Crippen molar-refractivity contribution in [3.8, 4) is 5.75 Å². The van der Waals surface area contributed by atoms with E-state index in [4.69, 9.17) is 4.74 Å². The number of fused-ring (bicyclic) bond motifs is 1. The van der Waals surface area contributed by atoms with Gasteiger partial charge in [-0.15, -0.1) is 0 Å². The Kier molecular flexibility index (Phi) is 5.11. The van der Waals surface area contributed by atoms with Crippen molar-refractivity contribution in [3.05, 3.63) is 42.0 Å². The zero-order chi connectivity index (χ0) is 19.7. The Morgan fingerprint density at radius 3 is 2.04 bits per heavy atom. The Hall–Kier alpha value is -2.76. The van der Waals surface area contributed by atoms with E-state index in [1.165, 1.54) is 4.90 Å². The Morgan fingerprint density at radius 2 is 1.50 bits per heavy atom. The summed E-state index contributed by atoms with van der Waals surface area (Å²) in [5.74, 6) is -0.600. The molecule has 0 spiro atoms. The first-order valence-corrected chi connectivity index (χ1v) is 9.87. The van der Waals surface area contributed by atoms with Crippen LogP contribution in [-0.2, 0) is 14.4 Å². The van der Waals surface area contributed by atoms with Gasteiger partial charge in [-0.25, -0.2) is 0 Å². The predicted octanol–water partition coefficient (Wildman–Crippen LogP) is 2.91. The fraction of sp³-hybridized carbons (Fsp3) is 0.455. The molecule has 28 heavy (non-hydrogen) atoms. The highest BCUT2D eigenvalue weighted by Crippen LogP contribution is 2.39. The molecule has 1 saturated carbocycles. The number of allylic oxidation sites excluding steroid dienone is 2. The van der Waals surface area contributed by atoms with E-state index in [-0.39, 0.29) is 41.6 Å². The standard InChI is InChI=1S/C22H23NO5/c24-13-14-5-11-17(12-6-14)28-22(27)15-7-9-16(10-8-15)23-20(25)18-3-1-2-4-19(18)21(23)26/h1-2,5-6,11-13,15-16,18-19H,3-4,7-10H2. The average molecular weight is 381 g/mol. The summed E-state index contributed by atoms with van der Waals surface area (Å²) in [6.07, 6.45) is 8.48. The van der Waals surface area contributed by atoms with Gasteiger partial charge < -0.3 is 4.74 Å². The SMILES string of the molecule is O=Cc1ccc(OC(=O)C2CCC(N3C(=O)C4CC=CCC4C3=O)CC2)cc1. The molecule has 1 heterocycles. The van der Waals surface area contributed by atoms with Crippen LogP contribution in [0, 0.1) is 17.8 Å². The van der Waals surface area contributed by atoms with Crippen LogP contribution in [0.4, 0.5) is 0 Å². The van der Waals surface area contributed by atoms with Crippen LogP contribution in [0.25, 0.3) is 0 Å². The van der Waals surface area contributed by atoms with Gasteiger partial charge in [0.05, 0.1) is 17.8 Å². The largest absolute Gasteiger partial charge is 0.426 e. The summed E-state index contributed by atoms with van der Waals surface area (Å²) >= 11 is 0. The van der Waals surface area contributed by atoms with E-state index < -0.39 is 0 Å². The van der Waals surface area contributed by atoms with Gasteiger partial charge in [-0.2, -0.15) is 0 Å². The van der Waals surface area contributed by atoms with Crippen molar-refractivity contribution in [1.82, 2.24) is 4.90 Å². The molecule has 1 aromatic rings. The first-order valence-electron chi connectivity index (χ1n) is 9.87. The molecule has 0 radical (unpaired) electrons. The van der Waals surface area contributed by atoms with Crippen molar-refractivity contribution in [2.24, 2.45) is 17.8 Å². The second-order valence-corrected chi connectivity index (χ2v) is 7.82. The lowest BCUT2D eigenvalue weighted by Gasteiger charge is -2.32. The van der Waals surface area contributed by atoms with Crippen molar-refractivity contribution in [3.63, 3.8) is 0 Å². The fourth-order valence-corrected chi connectivity index (χ4v) is 4.57. The molecule has 6 nitrogen and oxygen atoms in total. The molecule has 3 aliphatic rings. The van der Waals surface area contributed by atoms with Crippen molar-refractivity contribution in [1.29, 1.82) is 0 Å². The predicted molar refractivity (Wildman–Crippen MR) is 100 cm³/mol. The topological polar surface area (TPSA) is 80.8 Å². The molecule has 1 aliphatic heterocycles. The summed E-state index contributed by atoms with van der Waals surface area (Å²) in [7, 11) is 0. The summed E-state index contributed by atoms with van der Waals surface area (Å²) in [6.45, 7) is 0. The highest BCUT2D eigenvalue weighted by Gasteiger charge is 2.50. The third-order valence-corrected chi connectivity index (χ3v) is 6.17. The molecular weight excluding hydrogens is 358 g/mol. The zero-order valence-corrected chi connectivity index (χ0v) is 15.6. The lowest BCUT2D eigenvalue weighted by Crippen LogP contribution is -2.43. The molecule has 2 amide bonds. The average Bonchev–Trinajstić information content (AvgIpc) is 2.99. The van der Waals surface area contributed by atoms with Crippen LogP contribution in [0.1, 0.15) is 48.9 Å². The number of imide groups is 1. The van der Waals surface area contributed by atoms with E-state index in [1.807, 2.05) is 12.2 Å². The molecule has 0 aromatic heterocycles. The molecule has 4 rings (SSSR count). The van der Waals surface area contributed by atoms with E-state index in [0.717, 1.165) is 6.29 Å². The van der Waals surface area contributed by atoms with Gasteiger partial charge >= 0.3 is 5.97 Å². The van der Waals surface area contributed by atoms with Crippen molar-refractivity contribution in [2.75, 3.05) is 0 Å². The van der Waals surface area contributed by atoms with Gasteiger partial charge in [-0.3, -0.25) is 24.1 Å². The van der Waals surface area contributed by atoms with Crippen LogP contribution < -0.4 is 4.74 Å². The maximum atomic E-state index is 12.7. The van der Waals surface area contributed by atoms with E-state index in [2.05, 4.69) is 0 Å². The molecule has 2 aliphatic carbocycles. The second kappa shape index (κ2) is 7.70. The number of nitrogens with zero attached hydrogens (tertiary/aromatic N) is 1.